The van der Waals surface area contributed by atoms with Crippen LogP contribution >= 0.6 is 0 Å². The van der Waals surface area contributed by atoms with E-state index in [0.29, 0.717) is 6.42 Å². The Labute approximate surface area is 114 Å². The Kier molecular flexibility index (Phi) is 4.80. The molecule has 1 aromatic heterocycles. The maximum absolute atomic E-state index is 13.6. The number of anilines is 1. The van der Waals surface area contributed by atoms with Crippen molar-refractivity contribution >= 4 is 5.69 Å². The highest BCUT2D eigenvalue weighted by atomic mass is 19.2. The molecule has 112 valence electrons. The minimum atomic E-state index is -1.66. The molecule has 0 radical (unpaired) electrons. The van der Waals surface area contributed by atoms with Gasteiger partial charge in [0.25, 0.3) is 11.9 Å². The fourth-order valence-corrected chi connectivity index (χ4v) is 2.52. The van der Waals surface area contributed by atoms with Crippen LogP contribution in [0.15, 0.2) is 0 Å². The zero-order chi connectivity index (χ0) is 14.7. The summed E-state index contributed by atoms with van der Waals surface area (Å²) in [4.78, 5) is 2.53. The minimum absolute atomic E-state index is 0.254. The van der Waals surface area contributed by atoms with E-state index in [4.69, 9.17) is 4.74 Å². The Morgan fingerprint density at radius 1 is 1.00 bits per heavy atom. The predicted molar refractivity (Wildman–Crippen MR) is 65.4 cm³/mol. The number of hydrogen-bond donors (Lipinski definition) is 1. The summed E-state index contributed by atoms with van der Waals surface area (Å²) in [6.45, 7) is 0. The van der Waals surface area contributed by atoms with Gasteiger partial charge in [-0.05, 0) is 12.8 Å². The van der Waals surface area contributed by atoms with Gasteiger partial charge in [0.05, 0.1) is 12.1 Å². The summed E-state index contributed by atoms with van der Waals surface area (Å²) in [6.07, 6.45) is 3.88. The van der Waals surface area contributed by atoms with Crippen LogP contribution < -0.4 is 5.32 Å². The molecule has 1 N–H and O–H groups in total. The third kappa shape index (κ3) is 3.03. The van der Waals surface area contributed by atoms with Crippen LogP contribution in [0.5, 0.6) is 0 Å². The van der Waals surface area contributed by atoms with E-state index in [0.717, 1.165) is 25.7 Å². The summed E-state index contributed by atoms with van der Waals surface area (Å²) in [7, 11) is 1.51. The van der Waals surface area contributed by atoms with Crippen molar-refractivity contribution in [3.05, 3.63) is 23.5 Å². The molecule has 0 spiro atoms. The van der Waals surface area contributed by atoms with Crippen molar-refractivity contribution in [2.24, 2.45) is 0 Å². The minimum Gasteiger partial charge on any atom is -0.379 e. The predicted octanol–water partition coefficient (Wildman–Crippen LogP) is 3.40. The molecule has 0 unspecified atom stereocenters. The number of aromatic nitrogens is 1. The molecule has 0 bridgehead atoms. The Hall–Kier alpha value is -1.37. The van der Waals surface area contributed by atoms with Crippen LogP contribution in [0.3, 0.4) is 0 Å². The van der Waals surface area contributed by atoms with Crippen LogP contribution in [0.4, 0.5) is 23.2 Å². The second kappa shape index (κ2) is 6.39. The molecule has 0 amide bonds. The third-order valence-corrected chi connectivity index (χ3v) is 3.58. The highest BCUT2D eigenvalue weighted by molar-refractivity contribution is 5.46. The van der Waals surface area contributed by atoms with Gasteiger partial charge in [0.2, 0.25) is 11.6 Å². The lowest BCUT2D eigenvalue weighted by molar-refractivity contribution is 0.0804. The van der Waals surface area contributed by atoms with Crippen molar-refractivity contribution in [3.8, 4) is 0 Å². The SMILES string of the molecule is CO[C@H]1CCCCC[C@@H]1Nc1c(F)c(F)nc(F)c1F. The molecule has 0 saturated heterocycles. The number of nitrogens with zero attached hydrogens (tertiary/aromatic N) is 1. The van der Waals surface area contributed by atoms with Gasteiger partial charge in [0, 0.05) is 7.11 Å². The van der Waals surface area contributed by atoms with E-state index in [1.165, 1.54) is 7.11 Å². The van der Waals surface area contributed by atoms with Crippen molar-refractivity contribution < 1.29 is 22.3 Å². The number of rotatable bonds is 3. The standard InChI is InChI=1S/C13H16F4N2O/c1-20-8-6-4-2-3-5-7(8)18-11-9(14)12(16)19-13(17)10(11)15/h7-8H,2-6H2,1H3,(H,18,19)/t7-,8-/m0/s1. The molecule has 1 aliphatic rings. The monoisotopic (exact) mass is 292 g/mol. The first-order valence-corrected chi connectivity index (χ1v) is 6.54. The molecule has 7 heteroatoms. The van der Waals surface area contributed by atoms with Crippen LogP contribution in [0.1, 0.15) is 32.1 Å². The topological polar surface area (TPSA) is 34.1 Å². The van der Waals surface area contributed by atoms with Gasteiger partial charge in [-0.2, -0.15) is 22.5 Å². The van der Waals surface area contributed by atoms with Gasteiger partial charge in [-0.3, -0.25) is 0 Å². The summed E-state index contributed by atoms with van der Waals surface area (Å²) in [5.41, 5.74) is -0.816. The quantitative estimate of drug-likeness (QED) is 0.527. The molecular formula is C13H16F4N2O. The van der Waals surface area contributed by atoms with Crippen LogP contribution in [-0.2, 0) is 4.74 Å². The summed E-state index contributed by atoms with van der Waals surface area (Å²) >= 11 is 0. The maximum atomic E-state index is 13.6. The van der Waals surface area contributed by atoms with Crippen molar-refractivity contribution in [2.75, 3.05) is 12.4 Å². The molecule has 1 aromatic rings. The molecule has 2 atom stereocenters. The first kappa shape index (κ1) is 15.0. The van der Waals surface area contributed by atoms with Crippen LogP contribution in [0.2, 0.25) is 0 Å². The molecule has 1 aliphatic carbocycles. The van der Waals surface area contributed by atoms with E-state index in [-0.39, 0.29) is 6.10 Å². The number of pyridine rings is 1. The van der Waals surface area contributed by atoms with Crippen LogP contribution in [-0.4, -0.2) is 24.2 Å². The molecule has 0 aromatic carbocycles. The summed E-state index contributed by atoms with van der Waals surface area (Å²) in [5, 5.41) is 2.55. The number of methoxy groups -OCH3 is 1. The van der Waals surface area contributed by atoms with E-state index in [9.17, 15) is 17.6 Å². The summed E-state index contributed by atoms with van der Waals surface area (Å²) in [6, 6.07) is -0.396. The third-order valence-electron chi connectivity index (χ3n) is 3.58. The van der Waals surface area contributed by atoms with Crippen LogP contribution in [0, 0.1) is 23.5 Å². The van der Waals surface area contributed by atoms with Gasteiger partial charge < -0.3 is 10.1 Å². The van der Waals surface area contributed by atoms with E-state index in [2.05, 4.69) is 10.3 Å². The van der Waals surface area contributed by atoms with Gasteiger partial charge in [-0.15, -0.1) is 0 Å². The van der Waals surface area contributed by atoms with Gasteiger partial charge >= 0.3 is 0 Å². The smallest absolute Gasteiger partial charge is 0.253 e. The van der Waals surface area contributed by atoms with Crippen molar-refractivity contribution in [1.29, 1.82) is 0 Å². The first-order valence-electron chi connectivity index (χ1n) is 6.54. The average molecular weight is 292 g/mol. The van der Waals surface area contributed by atoms with Crippen molar-refractivity contribution in [2.45, 2.75) is 44.2 Å². The van der Waals surface area contributed by atoms with E-state index < -0.39 is 35.3 Å². The molecule has 0 aliphatic heterocycles. The molecular weight excluding hydrogens is 276 g/mol. The molecule has 1 saturated carbocycles. The van der Waals surface area contributed by atoms with Crippen LogP contribution in [0.25, 0.3) is 0 Å². The Morgan fingerprint density at radius 2 is 1.60 bits per heavy atom. The molecule has 20 heavy (non-hydrogen) atoms. The lowest BCUT2D eigenvalue weighted by Gasteiger charge is -2.26. The Bertz CT molecular complexity index is 458. The molecule has 3 nitrogen and oxygen atoms in total. The maximum Gasteiger partial charge on any atom is 0.253 e. The fraction of sp³-hybridized carbons (Fsp3) is 0.615. The van der Waals surface area contributed by atoms with Gasteiger partial charge in [-0.1, -0.05) is 19.3 Å². The number of hydrogen-bond acceptors (Lipinski definition) is 3. The van der Waals surface area contributed by atoms with E-state index in [1.54, 1.807) is 0 Å². The lowest BCUT2D eigenvalue weighted by atomic mass is 10.1. The second-order valence-corrected chi connectivity index (χ2v) is 4.86. The lowest BCUT2D eigenvalue weighted by Crippen LogP contribution is -2.35. The number of ether oxygens (including phenoxy) is 1. The van der Waals surface area contributed by atoms with E-state index >= 15 is 0 Å². The Morgan fingerprint density at radius 3 is 2.20 bits per heavy atom. The average Bonchev–Trinajstić information content (AvgIpc) is 2.66. The highest BCUT2D eigenvalue weighted by Gasteiger charge is 2.28. The van der Waals surface area contributed by atoms with Gasteiger partial charge in [0.1, 0.15) is 5.69 Å². The normalized spacial score (nSPS) is 23.4. The number of nitrogens with one attached hydrogen (secondary N) is 1. The Balaban J connectivity index is 2.28. The fourth-order valence-electron chi connectivity index (χ4n) is 2.52. The molecule has 2 rings (SSSR count). The zero-order valence-electron chi connectivity index (χ0n) is 11.1. The van der Waals surface area contributed by atoms with E-state index in [1.807, 2.05) is 0 Å². The van der Waals surface area contributed by atoms with Gasteiger partial charge in [0.15, 0.2) is 0 Å². The van der Waals surface area contributed by atoms with Crippen molar-refractivity contribution in [3.63, 3.8) is 0 Å². The number of halogens is 4. The molecule has 1 heterocycles. The van der Waals surface area contributed by atoms with Crippen molar-refractivity contribution in [1.82, 2.24) is 4.98 Å². The van der Waals surface area contributed by atoms with Gasteiger partial charge in [-0.25, -0.2) is 0 Å². The summed E-state index contributed by atoms with van der Waals surface area (Å²) < 4.78 is 58.6. The first-order chi connectivity index (χ1) is 9.54. The highest BCUT2D eigenvalue weighted by Crippen LogP contribution is 2.27. The molecule has 1 fully saturated rings. The second-order valence-electron chi connectivity index (χ2n) is 4.86. The zero-order valence-corrected chi connectivity index (χ0v) is 11.1. The summed E-state index contributed by atoms with van der Waals surface area (Å²) in [5.74, 6) is -6.34. The largest absolute Gasteiger partial charge is 0.379 e.